The minimum Gasteiger partial charge on any atom is -0.489 e. The molecule has 2 aromatic heterocycles. The summed E-state index contributed by atoms with van der Waals surface area (Å²) in [6.45, 7) is 10.2. The summed E-state index contributed by atoms with van der Waals surface area (Å²) in [6, 6.07) is 20.0. The Bertz CT molecular complexity index is 1560. The van der Waals surface area contributed by atoms with E-state index in [1.54, 1.807) is 35.8 Å². The maximum atomic E-state index is 13.9. The van der Waals surface area contributed by atoms with E-state index < -0.39 is 7.60 Å². The molecule has 10 heteroatoms. The van der Waals surface area contributed by atoms with E-state index >= 15 is 0 Å². The van der Waals surface area contributed by atoms with Gasteiger partial charge in [-0.05, 0) is 60.7 Å². The van der Waals surface area contributed by atoms with Crippen LogP contribution in [0.3, 0.4) is 0 Å². The number of carbonyl (C=O) groups excluding carboxylic acids is 1. The first-order valence-corrected chi connectivity index (χ1v) is 16.5. The summed E-state index contributed by atoms with van der Waals surface area (Å²) < 4.78 is 31.9. The molecule has 0 saturated carbocycles. The topological polar surface area (TPSA) is 95.8 Å². The Hall–Kier alpha value is -3.78. The van der Waals surface area contributed by atoms with Crippen molar-refractivity contribution < 1.29 is 23.1 Å². The van der Waals surface area contributed by atoms with Gasteiger partial charge in [0.15, 0.2) is 0 Å². The van der Waals surface area contributed by atoms with Crippen LogP contribution < -0.4 is 4.74 Å². The number of hydrogen-bond donors (Lipinski definition) is 0. The van der Waals surface area contributed by atoms with Gasteiger partial charge in [-0.1, -0.05) is 50.2 Å². The molecule has 9 nitrogen and oxygen atoms in total. The summed E-state index contributed by atoms with van der Waals surface area (Å²) in [4.78, 5) is 19.8. The molecule has 4 aromatic rings. The number of benzene rings is 2. The van der Waals surface area contributed by atoms with Crippen molar-refractivity contribution in [2.75, 3.05) is 32.5 Å². The van der Waals surface area contributed by atoms with Crippen LogP contribution in [-0.4, -0.2) is 58.0 Å². The van der Waals surface area contributed by atoms with Crippen LogP contribution in [0.5, 0.6) is 5.75 Å². The van der Waals surface area contributed by atoms with Crippen LogP contribution in [0.2, 0.25) is 0 Å². The molecule has 5 rings (SSSR count). The van der Waals surface area contributed by atoms with Gasteiger partial charge in [0.05, 0.1) is 25.9 Å². The van der Waals surface area contributed by atoms with Crippen molar-refractivity contribution in [3.63, 3.8) is 0 Å². The first-order chi connectivity index (χ1) is 20.8. The van der Waals surface area contributed by atoms with Crippen LogP contribution in [0.4, 0.5) is 0 Å². The second-order valence-corrected chi connectivity index (χ2v) is 12.9. The van der Waals surface area contributed by atoms with Gasteiger partial charge < -0.3 is 18.7 Å². The predicted octanol–water partition coefficient (Wildman–Crippen LogP) is 7.04. The Morgan fingerprint density at radius 1 is 0.884 bits per heavy atom. The Kier molecular flexibility index (Phi) is 9.76. The molecule has 0 N–H and O–H groups in total. The van der Waals surface area contributed by atoms with Crippen molar-refractivity contribution in [1.29, 1.82) is 0 Å². The van der Waals surface area contributed by atoms with E-state index in [1.165, 1.54) is 5.56 Å². The van der Waals surface area contributed by atoms with Gasteiger partial charge in [-0.15, -0.1) is 0 Å². The lowest BCUT2D eigenvalue weighted by Crippen LogP contribution is -2.42. The number of carbonyl (C=O) groups is 1. The van der Waals surface area contributed by atoms with Crippen molar-refractivity contribution in [3.8, 4) is 28.1 Å². The van der Waals surface area contributed by atoms with E-state index in [0.29, 0.717) is 37.0 Å². The quantitative estimate of drug-likeness (QED) is 0.152. The maximum Gasteiger partial charge on any atom is 0.332 e. The van der Waals surface area contributed by atoms with E-state index in [1.807, 2.05) is 36.4 Å². The lowest BCUT2D eigenvalue weighted by Gasteiger charge is -2.29. The van der Waals surface area contributed by atoms with Gasteiger partial charge >= 0.3 is 7.60 Å². The van der Waals surface area contributed by atoms with Gasteiger partial charge in [-0.3, -0.25) is 19.0 Å². The summed E-state index contributed by atoms with van der Waals surface area (Å²) in [6.07, 6.45) is 3.57. The second-order valence-electron chi connectivity index (χ2n) is 10.7. The van der Waals surface area contributed by atoms with Crippen LogP contribution in [-0.2, 0) is 26.8 Å². The molecule has 43 heavy (non-hydrogen) atoms. The van der Waals surface area contributed by atoms with Gasteiger partial charge in [0.2, 0.25) is 0 Å². The highest BCUT2D eigenvalue weighted by Crippen LogP contribution is 2.48. The molecule has 0 bridgehead atoms. The Morgan fingerprint density at radius 2 is 1.56 bits per heavy atom. The molecule has 1 aliphatic rings. The summed E-state index contributed by atoms with van der Waals surface area (Å²) in [5, 5.41) is 4.87. The molecule has 1 amide bonds. The molecule has 0 fully saturated rings. The van der Waals surface area contributed by atoms with Crippen molar-refractivity contribution >= 4 is 13.5 Å². The van der Waals surface area contributed by atoms with E-state index in [4.69, 9.17) is 18.9 Å². The zero-order valence-electron chi connectivity index (χ0n) is 25.2. The second kappa shape index (κ2) is 13.7. The van der Waals surface area contributed by atoms with Gasteiger partial charge in [0.1, 0.15) is 23.7 Å². The lowest BCUT2D eigenvalue weighted by molar-refractivity contribution is 0.0707. The van der Waals surface area contributed by atoms with Crippen LogP contribution in [0.15, 0.2) is 73.1 Å². The van der Waals surface area contributed by atoms with Crippen molar-refractivity contribution in [1.82, 2.24) is 19.7 Å². The highest BCUT2D eigenvalue weighted by molar-refractivity contribution is 7.53. The highest BCUT2D eigenvalue weighted by Gasteiger charge is 2.34. The van der Waals surface area contributed by atoms with Gasteiger partial charge in [0.25, 0.3) is 5.91 Å². The minimum absolute atomic E-state index is 0.132. The zero-order valence-corrected chi connectivity index (χ0v) is 26.1. The summed E-state index contributed by atoms with van der Waals surface area (Å²) in [5.74, 6) is 1.05. The summed E-state index contributed by atoms with van der Waals surface area (Å²) in [5.41, 5.74) is 6.08. The molecule has 2 aromatic carbocycles. The standard InChI is InChI=1S/C33H39N4O5P/c1-5-41-43(39,42-6-2)22-21-36-19-20-37-32(33(36)38)30(31(35-37)28-15-17-34-18-16-28)27-11-13-29(14-12-27)40-23-25-7-9-26(10-8-25)24(3)4/h7-18,24H,5-6,19-23H2,1-4H3. The molecule has 0 saturated heterocycles. The van der Waals surface area contributed by atoms with E-state index in [2.05, 4.69) is 43.1 Å². The molecular weight excluding hydrogens is 563 g/mol. The molecule has 3 heterocycles. The van der Waals surface area contributed by atoms with E-state index in [9.17, 15) is 9.36 Å². The fourth-order valence-electron chi connectivity index (χ4n) is 5.19. The fraction of sp³-hybridized carbons (Fsp3) is 0.364. The van der Waals surface area contributed by atoms with Crippen LogP contribution in [0.1, 0.15) is 55.2 Å². The molecule has 0 aliphatic carbocycles. The summed E-state index contributed by atoms with van der Waals surface area (Å²) in [7, 11) is -3.29. The average Bonchev–Trinajstić information content (AvgIpc) is 3.41. The maximum absolute atomic E-state index is 13.9. The van der Waals surface area contributed by atoms with Crippen LogP contribution in [0.25, 0.3) is 22.4 Å². The third-order valence-corrected chi connectivity index (χ3v) is 9.52. The number of fused-ring (bicyclic) bond motifs is 1. The molecule has 0 atom stereocenters. The zero-order chi connectivity index (χ0) is 30.4. The van der Waals surface area contributed by atoms with Crippen molar-refractivity contribution in [2.24, 2.45) is 0 Å². The van der Waals surface area contributed by atoms with Crippen molar-refractivity contribution in [2.45, 2.75) is 46.8 Å². The third-order valence-electron chi connectivity index (χ3n) is 7.47. The number of rotatable bonds is 13. The number of amides is 1. The lowest BCUT2D eigenvalue weighted by atomic mass is 9.98. The van der Waals surface area contributed by atoms with Crippen LogP contribution >= 0.6 is 7.60 Å². The highest BCUT2D eigenvalue weighted by atomic mass is 31.2. The number of aromatic nitrogens is 3. The number of pyridine rings is 1. The third kappa shape index (κ3) is 7.07. The smallest absolute Gasteiger partial charge is 0.332 e. The first-order valence-electron chi connectivity index (χ1n) is 14.8. The molecule has 0 spiro atoms. The molecule has 0 unspecified atom stereocenters. The normalized spacial score (nSPS) is 13.4. The van der Waals surface area contributed by atoms with E-state index in [-0.39, 0.29) is 31.8 Å². The van der Waals surface area contributed by atoms with E-state index in [0.717, 1.165) is 28.0 Å². The molecular formula is C33H39N4O5P. The summed E-state index contributed by atoms with van der Waals surface area (Å²) >= 11 is 0. The van der Waals surface area contributed by atoms with Crippen molar-refractivity contribution in [3.05, 3.63) is 89.9 Å². The van der Waals surface area contributed by atoms with Gasteiger partial charge in [0, 0.05) is 36.6 Å². The fourth-order valence-corrected chi connectivity index (χ4v) is 6.80. The molecule has 226 valence electrons. The molecule has 1 aliphatic heterocycles. The number of nitrogens with zero attached hydrogens (tertiary/aromatic N) is 4. The Labute approximate surface area is 253 Å². The Morgan fingerprint density at radius 3 is 2.19 bits per heavy atom. The van der Waals surface area contributed by atoms with Gasteiger partial charge in [-0.25, -0.2) is 0 Å². The molecule has 0 radical (unpaired) electrons. The largest absolute Gasteiger partial charge is 0.489 e. The average molecular weight is 603 g/mol. The van der Waals surface area contributed by atoms with Gasteiger partial charge in [-0.2, -0.15) is 5.10 Å². The number of ether oxygens (including phenoxy) is 1. The number of hydrogen-bond acceptors (Lipinski definition) is 7. The monoisotopic (exact) mass is 602 g/mol. The minimum atomic E-state index is -3.29. The SMILES string of the molecule is CCOP(=O)(CCN1CCn2nc(-c3ccncc3)c(-c3ccc(OCc4ccc(C(C)C)cc4)cc3)c2C1=O)OCC. The predicted molar refractivity (Wildman–Crippen MR) is 167 cm³/mol. The van der Waals surface area contributed by atoms with Crippen LogP contribution in [0, 0.1) is 0 Å². The Balaban J connectivity index is 1.41. The first kappa shape index (κ1) is 30.7.